The van der Waals surface area contributed by atoms with Gasteiger partial charge in [0, 0.05) is 18.1 Å². The van der Waals surface area contributed by atoms with E-state index in [-0.39, 0.29) is 22.0 Å². The summed E-state index contributed by atoms with van der Waals surface area (Å²) in [5.74, 6) is -1.06. The highest BCUT2D eigenvalue weighted by atomic mass is 32.1. The summed E-state index contributed by atoms with van der Waals surface area (Å²) in [6, 6.07) is 5.02. The molecule has 0 unspecified atom stereocenters. The molecule has 0 atom stereocenters. The number of fused-ring (bicyclic) bond motifs is 3. The number of pyridine rings is 2. The zero-order valence-electron chi connectivity index (χ0n) is 19.0. The molecule has 0 spiro atoms. The van der Waals surface area contributed by atoms with Crippen LogP contribution in [-0.4, -0.2) is 32.9 Å². The lowest BCUT2D eigenvalue weighted by Gasteiger charge is -2.13. The summed E-state index contributed by atoms with van der Waals surface area (Å²) in [7, 11) is 2.92. The van der Waals surface area contributed by atoms with Crippen LogP contribution in [0.2, 0.25) is 0 Å². The molecule has 1 aliphatic carbocycles. The fraction of sp³-hybridized carbons (Fsp3) is 0.292. The Morgan fingerprint density at radius 1 is 1.24 bits per heavy atom. The number of hydrogen-bond donors (Lipinski definition) is 2. The van der Waals surface area contributed by atoms with Crippen molar-refractivity contribution >= 4 is 44.9 Å². The Morgan fingerprint density at radius 2 is 2.00 bits per heavy atom. The summed E-state index contributed by atoms with van der Waals surface area (Å²) in [6.45, 7) is 1.86. The second-order valence-corrected chi connectivity index (χ2v) is 9.47. The Kier molecular flexibility index (Phi) is 5.32. The lowest BCUT2D eigenvalue weighted by atomic mass is 9.95. The van der Waals surface area contributed by atoms with Gasteiger partial charge in [0.15, 0.2) is 0 Å². The molecule has 1 amide bonds. The number of nitrogens with one attached hydrogen (secondary N) is 2. The average Bonchev–Trinajstić information content (AvgIpc) is 3.19. The number of amides is 1. The van der Waals surface area contributed by atoms with Crippen LogP contribution in [0.5, 0.6) is 0 Å². The van der Waals surface area contributed by atoms with Crippen molar-refractivity contribution in [3.8, 4) is 0 Å². The first kappa shape index (κ1) is 22.0. The molecule has 4 heterocycles. The Labute approximate surface area is 198 Å². The number of aromatic nitrogens is 3. The van der Waals surface area contributed by atoms with Crippen molar-refractivity contribution in [2.24, 2.45) is 7.05 Å². The summed E-state index contributed by atoms with van der Waals surface area (Å²) < 4.78 is 7.84. The van der Waals surface area contributed by atoms with Crippen molar-refractivity contribution in [1.82, 2.24) is 14.0 Å². The van der Waals surface area contributed by atoms with E-state index in [2.05, 4.69) is 10.3 Å². The predicted molar refractivity (Wildman–Crippen MR) is 129 cm³/mol. The van der Waals surface area contributed by atoms with Crippen LogP contribution < -0.4 is 16.4 Å². The highest BCUT2D eigenvalue weighted by Crippen LogP contribution is 2.38. The topological polar surface area (TPSA) is 119 Å². The summed E-state index contributed by atoms with van der Waals surface area (Å²) >= 11 is 1.37. The van der Waals surface area contributed by atoms with Crippen molar-refractivity contribution in [1.29, 1.82) is 5.41 Å². The van der Waals surface area contributed by atoms with E-state index in [0.717, 1.165) is 41.7 Å². The maximum absolute atomic E-state index is 13.3. The summed E-state index contributed by atoms with van der Waals surface area (Å²) in [6.07, 6.45) is 5.25. The van der Waals surface area contributed by atoms with E-state index in [1.165, 1.54) is 33.5 Å². The summed E-state index contributed by atoms with van der Waals surface area (Å²) in [4.78, 5) is 44.7. The number of aryl methyl sites for hydroxylation is 3. The third-order valence-corrected chi connectivity index (χ3v) is 7.50. The fourth-order valence-corrected chi connectivity index (χ4v) is 5.77. The molecule has 0 aliphatic heterocycles. The van der Waals surface area contributed by atoms with Crippen LogP contribution in [0.4, 0.5) is 5.00 Å². The lowest BCUT2D eigenvalue weighted by molar-refractivity contribution is 0.0601. The Hall–Kier alpha value is -3.79. The number of nitrogens with zero attached hydrogens (tertiary/aromatic N) is 3. The first-order valence-electron chi connectivity index (χ1n) is 10.9. The molecular weight excluding hydrogens is 454 g/mol. The molecule has 9 nitrogen and oxygen atoms in total. The zero-order chi connectivity index (χ0) is 24.1. The molecule has 1 aliphatic rings. The second kappa shape index (κ2) is 8.21. The Morgan fingerprint density at radius 3 is 2.76 bits per heavy atom. The normalized spacial score (nSPS) is 13.1. The van der Waals surface area contributed by atoms with E-state index < -0.39 is 11.9 Å². The first-order valence-corrected chi connectivity index (χ1v) is 11.7. The van der Waals surface area contributed by atoms with Crippen LogP contribution in [0.15, 0.2) is 29.2 Å². The Balaban J connectivity index is 1.65. The molecule has 10 heteroatoms. The number of thiophene rings is 1. The molecule has 34 heavy (non-hydrogen) atoms. The minimum Gasteiger partial charge on any atom is -0.465 e. The van der Waals surface area contributed by atoms with Crippen LogP contribution in [0.1, 0.15) is 49.6 Å². The predicted octanol–water partition coefficient (Wildman–Crippen LogP) is 2.95. The number of methoxy groups -OCH3 is 1. The average molecular weight is 478 g/mol. The van der Waals surface area contributed by atoms with Gasteiger partial charge in [-0.3, -0.25) is 19.4 Å². The van der Waals surface area contributed by atoms with Crippen LogP contribution in [0.3, 0.4) is 0 Å². The van der Waals surface area contributed by atoms with E-state index in [1.54, 1.807) is 19.3 Å². The third kappa shape index (κ3) is 3.33. The number of esters is 1. The minimum absolute atomic E-state index is 0.0173. The van der Waals surface area contributed by atoms with Gasteiger partial charge in [0.1, 0.15) is 21.8 Å². The molecule has 4 aromatic rings. The quantitative estimate of drug-likeness (QED) is 0.347. The maximum atomic E-state index is 13.3. The van der Waals surface area contributed by atoms with Crippen molar-refractivity contribution in [3.05, 3.63) is 67.4 Å². The minimum atomic E-state index is -0.569. The zero-order valence-corrected chi connectivity index (χ0v) is 19.8. The number of hydrogen-bond acceptors (Lipinski definition) is 7. The van der Waals surface area contributed by atoms with Gasteiger partial charge in [0.25, 0.3) is 11.5 Å². The van der Waals surface area contributed by atoms with Gasteiger partial charge < -0.3 is 14.6 Å². The van der Waals surface area contributed by atoms with Gasteiger partial charge in [0.05, 0.1) is 23.6 Å². The standard InChI is InChI=1S/C24H23N5O4S/c1-12-7-6-10-29-19(12)26-20-15(23(29)31)11-14(18(25)28(20)2)21(30)27-22-17(24(32)33-3)13-8-4-5-9-16(13)34-22/h6-7,10-11,25H,4-5,8-9H2,1-3H3,(H,27,30). The van der Waals surface area contributed by atoms with Crippen LogP contribution >= 0.6 is 11.3 Å². The van der Waals surface area contributed by atoms with Gasteiger partial charge in [-0.05, 0) is 55.9 Å². The molecule has 0 fully saturated rings. The van der Waals surface area contributed by atoms with Crippen molar-refractivity contribution in [2.45, 2.75) is 32.6 Å². The molecular formula is C24H23N5O4S. The number of anilines is 1. The smallest absolute Gasteiger partial charge is 0.341 e. The van der Waals surface area contributed by atoms with E-state index in [4.69, 9.17) is 10.1 Å². The van der Waals surface area contributed by atoms with Crippen molar-refractivity contribution in [3.63, 3.8) is 0 Å². The Bertz CT molecular complexity index is 1630. The highest BCUT2D eigenvalue weighted by molar-refractivity contribution is 7.17. The monoisotopic (exact) mass is 477 g/mol. The summed E-state index contributed by atoms with van der Waals surface area (Å²) in [5, 5.41) is 12.0. The van der Waals surface area contributed by atoms with E-state index in [1.807, 2.05) is 13.0 Å². The van der Waals surface area contributed by atoms with Crippen molar-refractivity contribution < 1.29 is 14.3 Å². The van der Waals surface area contributed by atoms with Gasteiger partial charge in [-0.25, -0.2) is 9.78 Å². The number of carbonyl (C=O) groups excluding carboxylic acids is 2. The fourth-order valence-electron chi connectivity index (χ4n) is 4.50. The second-order valence-electron chi connectivity index (χ2n) is 8.37. The molecule has 0 aromatic carbocycles. The van der Waals surface area contributed by atoms with Crippen LogP contribution in [-0.2, 0) is 24.6 Å². The summed E-state index contributed by atoms with van der Waals surface area (Å²) in [5.41, 5.74) is 2.57. The van der Waals surface area contributed by atoms with Gasteiger partial charge in [0.2, 0.25) is 0 Å². The molecule has 4 aromatic heterocycles. The van der Waals surface area contributed by atoms with Gasteiger partial charge in [-0.2, -0.15) is 0 Å². The third-order valence-electron chi connectivity index (χ3n) is 6.29. The van der Waals surface area contributed by atoms with E-state index in [9.17, 15) is 14.4 Å². The number of carbonyl (C=O) groups is 2. The molecule has 0 radical (unpaired) electrons. The highest BCUT2D eigenvalue weighted by Gasteiger charge is 2.27. The number of rotatable bonds is 3. The number of ether oxygens (including phenoxy) is 1. The molecule has 0 bridgehead atoms. The van der Waals surface area contributed by atoms with Gasteiger partial charge in [-0.15, -0.1) is 11.3 Å². The van der Waals surface area contributed by atoms with Crippen LogP contribution in [0.25, 0.3) is 16.7 Å². The molecule has 0 saturated carbocycles. The molecule has 174 valence electrons. The van der Waals surface area contributed by atoms with Crippen molar-refractivity contribution in [2.75, 3.05) is 12.4 Å². The first-order chi connectivity index (χ1) is 16.3. The molecule has 2 N–H and O–H groups in total. The lowest BCUT2D eigenvalue weighted by Crippen LogP contribution is -2.31. The van der Waals surface area contributed by atoms with Gasteiger partial charge in [-0.1, -0.05) is 6.07 Å². The molecule has 0 saturated heterocycles. The maximum Gasteiger partial charge on any atom is 0.341 e. The van der Waals surface area contributed by atoms with Gasteiger partial charge >= 0.3 is 5.97 Å². The van der Waals surface area contributed by atoms with E-state index >= 15 is 0 Å². The largest absolute Gasteiger partial charge is 0.465 e. The van der Waals surface area contributed by atoms with E-state index in [0.29, 0.717) is 21.9 Å². The van der Waals surface area contributed by atoms with Crippen LogP contribution in [0, 0.1) is 12.3 Å². The SMILES string of the molecule is COC(=O)c1c(NC(=O)c2cc3c(=O)n4cccc(C)c4nc3n(C)c2=N)sc2c1CCCC2. The molecule has 5 rings (SSSR count).